The molecule has 0 aliphatic carbocycles. The van der Waals surface area contributed by atoms with Gasteiger partial charge in [-0.25, -0.2) is 4.98 Å². The van der Waals surface area contributed by atoms with Gasteiger partial charge in [0.2, 0.25) is 5.28 Å². The Balaban J connectivity index is 2.70. The summed E-state index contributed by atoms with van der Waals surface area (Å²) in [4.78, 5) is 3.49. The summed E-state index contributed by atoms with van der Waals surface area (Å²) in [5.74, 6) is -0.775. The van der Waals surface area contributed by atoms with E-state index in [2.05, 4.69) is 9.72 Å². The van der Waals surface area contributed by atoms with Crippen LogP contribution in [0.25, 0.3) is 11.0 Å². The zero-order valence-corrected chi connectivity index (χ0v) is 11.3. The molecule has 0 saturated carbocycles. The lowest BCUT2D eigenvalue weighted by Crippen LogP contribution is -2.17. The summed E-state index contributed by atoms with van der Waals surface area (Å²) in [5.41, 5.74) is -0.548. The van der Waals surface area contributed by atoms with Crippen molar-refractivity contribution in [3.8, 4) is 5.75 Å². The van der Waals surface area contributed by atoms with Gasteiger partial charge in [0.05, 0.1) is 16.1 Å². The van der Waals surface area contributed by atoms with E-state index in [9.17, 15) is 21.6 Å². The number of aromatic nitrogens is 2. The van der Waals surface area contributed by atoms with Crippen LogP contribution in [-0.2, 0) is 10.3 Å². The maximum Gasteiger partial charge on any atom is 0.573 e. The Hall–Kier alpha value is -1.23. The standard InChI is InChI=1S/C8H3Cl2F3N2O4S/c9-3-1-5-4(2-6(3)19-8(11,12)13)14-7(10)15(5)20(16,17)18/h1-2H,(H,16,17,18). The largest absolute Gasteiger partial charge is 0.573 e. The Morgan fingerprint density at radius 1 is 1.30 bits per heavy atom. The Bertz CT molecular complexity index is 787. The number of alkyl halides is 3. The molecule has 0 spiro atoms. The fourth-order valence-electron chi connectivity index (χ4n) is 1.45. The molecule has 0 amide bonds. The molecule has 0 unspecified atom stereocenters. The Morgan fingerprint density at radius 3 is 2.40 bits per heavy atom. The molecule has 0 aliphatic rings. The van der Waals surface area contributed by atoms with Crippen molar-refractivity contribution in [2.75, 3.05) is 0 Å². The number of fused-ring (bicyclic) bond motifs is 1. The molecule has 0 saturated heterocycles. The maximum absolute atomic E-state index is 12.1. The summed E-state index contributed by atoms with van der Waals surface area (Å²) in [6.07, 6.45) is -4.98. The molecule has 6 nitrogen and oxygen atoms in total. The van der Waals surface area contributed by atoms with Crippen LogP contribution in [0.4, 0.5) is 13.2 Å². The maximum atomic E-state index is 12.1. The molecular formula is C8H3Cl2F3N2O4S. The first-order valence-corrected chi connectivity index (χ1v) is 6.75. The Kier molecular flexibility index (Phi) is 3.53. The third kappa shape index (κ3) is 2.92. The van der Waals surface area contributed by atoms with Crippen molar-refractivity contribution in [1.29, 1.82) is 0 Å². The van der Waals surface area contributed by atoms with Gasteiger partial charge in [0, 0.05) is 6.07 Å². The molecular weight excluding hydrogens is 348 g/mol. The number of benzene rings is 1. The van der Waals surface area contributed by atoms with Crippen LogP contribution in [0.15, 0.2) is 12.1 Å². The predicted molar refractivity (Wildman–Crippen MR) is 63.4 cm³/mol. The highest BCUT2D eigenvalue weighted by Crippen LogP contribution is 2.35. The predicted octanol–water partition coefficient (Wildman–Crippen LogP) is 2.89. The van der Waals surface area contributed by atoms with Crippen molar-refractivity contribution < 1.29 is 30.9 Å². The molecule has 20 heavy (non-hydrogen) atoms. The first kappa shape index (κ1) is 15.2. The molecule has 1 aromatic carbocycles. The molecule has 2 aromatic rings. The Morgan fingerprint density at radius 2 is 1.90 bits per heavy atom. The monoisotopic (exact) mass is 350 g/mol. The molecule has 1 aromatic heterocycles. The number of nitrogens with zero attached hydrogens (tertiary/aromatic N) is 2. The first-order valence-electron chi connectivity index (χ1n) is 4.60. The first-order chi connectivity index (χ1) is 8.99. The summed E-state index contributed by atoms with van der Waals surface area (Å²) >= 11 is 11.1. The van der Waals surface area contributed by atoms with E-state index in [1.54, 1.807) is 0 Å². The summed E-state index contributed by atoms with van der Waals surface area (Å²) in [5, 5.41) is -1.20. The molecule has 0 fully saturated rings. The number of hydrogen-bond donors (Lipinski definition) is 1. The van der Waals surface area contributed by atoms with Crippen molar-refractivity contribution in [2.45, 2.75) is 6.36 Å². The van der Waals surface area contributed by atoms with E-state index < -0.39 is 32.7 Å². The van der Waals surface area contributed by atoms with Gasteiger partial charge >= 0.3 is 16.7 Å². The van der Waals surface area contributed by atoms with Crippen LogP contribution in [0.2, 0.25) is 10.3 Å². The fourth-order valence-corrected chi connectivity index (χ4v) is 2.72. The second-order valence-electron chi connectivity index (χ2n) is 3.44. The quantitative estimate of drug-likeness (QED) is 0.842. The molecule has 12 heteroatoms. The summed E-state index contributed by atoms with van der Waals surface area (Å²) in [6, 6.07) is 1.57. The van der Waals surface area contributed by atoms with E-state index in [-0.39, 0.29) is 15.0 Å². The SMILES string of the molecule is O=S(=O)(O)n1c(Cl)nc2cc(OC(F)(F)F)c(Cl)cc21. The molecule has 0 bridgehead atoms. The molecule has 0 atom stereocenters. The zero-order chi connectivity index (χ0) is 15.3. The highest BCUT2D eigenvalue weighted by atomic mass is 35.5. The molecule has 2 rings (SSSR count). The minimum Gasteiger partial charge on any atom is -0.404 e. The fraction of sp³-hybridized carbons (Fsp3) is 0.125. The smallest absolute Gasteiger partial charge is 0.404 e. The van der Waals surface area contributed by atoms with Gasteiger partial charge in [0.15, 0.2) is 0 Å². The van der Waals surface area contributed by atoms with Crippen LogP contribution in [0.1, 0.15) is 0 Å². The van der Waals surface area contributed by atoms with Crippen LogP contribution >= 0.6 is 23.2 Å². The van der Waals surface area contributed by atoms with E-state index in [0.29, 0.717) is 0 Å². The zero-order valence-electron chi connectivity index (χ0n) is 9.02. The van der Waals surface area contributed by atoms with Crippen LogP contribution < -0.4 is 4.74 Å². The second kappa shape index (κ2) is 4.65. The van der Waals surface area contributed by atoms with Gasteiger partial charge < -0.3 is 4.74 Å². The number of halogens is 5. The van der Waals surface area contributed by atoms with Gasteiger partial charge in [-0.2, -0.15) is 12.4 Å². The summed E-state index contributed by atoms with van der Waals surface area (Å²) in [6.45, 7) is 0. The van der Waals surface area contributed by atoms with Gasteiger partial charge in [-0.1, -0.05) is 11.6 Å². The average molecular weight is 351 g/mol. The molecule has 1 heterocycles. The van der Waals surface area contributed by atoms with E-state index in [0.717, 1.165) is 12.1 Å². The van der Waals surface area contributed by atoms with Crippen LogP contribution in [0, 0.1) is 0 Å². The normalized spacial score (nSPS) is 12.9. The van der Waals surface area contributed by atoms with Crippen LogP contribution in [0.5, 0.6) is 5.75 Å². The lowest BCUT2D eigenvalue weighted by molar-refractivity contribution is -0.274. The van der Waals surface area contributed by atoms with Crippen LogP contribution in [-0.4, -0.2) is 28.3 Å². The lowest BCUT2D eigenvalue weighted by atomic mass is 10.3. The van der Waals surface area contributed by atoms with E-state index in [1.165, 1.54) is 0 Å². The van der Waals surface area contributed by atoms with Gasteiger partial charge in [-0.15, -0.1) is 13.2 Å². The van der Waals surface area contributed by atoms with E-state index >= 15 is 0 Å². The highest BCUT2D eigenvalue weighted by Gasteiger charge is 2.32. The Labute approximate surface area is 119 Å². The van der Waals surface area contributed by atoms with Gasteiger partial charge in [-0.05, 0) is 17.7 Å². The molecule has 110 valence electrons. The topological polar surface area (TPSA) is 81.4 Å². The van der Waals surface area contributed by atoms with Crippen LogP contribution in [0.3, 0.4) is 0 Å². The van der Waals surface area contributed by atoms with E-state index in [1.807, 2.05) is 0 Å². The average Bonchev–Trinajstić information content (AvgIpc) is 2.51. The lowest BCUT2D eigenvalue weighted by Gasteiger charge is -2.10. The van der Waals surface area contributed by atoms with Gasteiger partial charge in [0.1, 0.15) is 5.75 Å². The van der Waals surface area contributed by atoms with Crippen molar-refractivity contribution in [2.24, 2.45) is 0 Å². The third-order valence-corrected chi connectivity index (χ3v) is 3.56. The van der Waals surface area contributed by atoms with Crippen molar-refractivity contribution in [1.82, 2.24) is 8.96 Å². The number of rotatable bonds is 2. The third-order valence-electron chi connectivity index (χ3n) is 2.08. The second-order valence-corrected chi connectivity index (χ2v) is 5.45. The van der Waals surface area contributed by atoms with Gasteiger partial charge in [0.25, 0.3) is 0 Å². The van der Waals surface area contributed by atoms with Crippen molar-refractivity contribution in [3.05, 3.63) is 22.4 Å². The minimum absolute atomic E-state index is 0.215. The molecule has 0 radical (unpaired) electrons. The van der Waals surface area contributed by atoms with Crippen molar-refractivity contribution >= 4 is 44.5 Å². The van der Waals surface area contributed by atoms with Crippen molar-refractivity contribution in [3.63, 3.8) is 0 Å². The molecule has 0 aliphatic heterocycles. The summed E-state index contributed by atoms with van der Waals surface area (Å²) < 4.78 is 71.4. The number of hydrogen-bond acceptors (Lipinski definition) is 4. The number of ether oxygens (including phenoxy) is 1. The number of imidazole rings is 1. The van der Waals surface area contributed by atoms with E-state index in [4.69, 9.17) is 27.8 Å². The molecule has 1 N–H and O–H groups in total. The summed E-state index contributed by atoms with van der Waals surface area (Å²) in [7, 11) is -4.78. The minimum atomic E-state index is -4.98. The van der Waals surface area contributed by atoms with Gasteiger partial charge in [-0.3, -0.25) is 4.55 Å². The highest BCUT2D eigenvalue weighted by molar-refractivity contribution is 7.84.